The van der Waals surface area contributed by atoms with Gasteiger partial charge < -0.3 is 15.0 Å². The van der Waals surface area contributed by atoms with E-state index in [2.05, 4.69) is 5.32 Å². The van der Waals surface area contributed by atoms with Crippen LogP contribution in [-0.4, -0.2) is 34.9 Å². The van der Waals surface area contributed by atoms with Crippen LogP contribution in [0.2, 0.25) is 0 Å². The Bertz CT molecular complexity index is 871. The van der Waals surface area contributed by atoms with E-state index in [0.29, 0.717) is 18.7 Å². The fourth-order valence-electron chi connectivity index (χ4n) is 3.32. The normalized spacial score (nSPS) is 12.2. The van der Waals surface area contributed by atoms with E-state index >= 15 is 0 Å². The molecule has 0 radical (unpaired) electrons. The quantitative estimate of drug-likeness (QED) is 0.701. The number of carbonyl (C=O) groups is 2. The van der Waals surface area contributed by atoms with Crippen molar-refractivity contribution in [3.05, 3.63) is 65.2 Å². The number of para-hydroxylation sites is 1. The van der Waals surface area contributed by atoms with Crippen LogP contribution in [0.4, 0.5) is 0 Å². The predicted octanol–water partition coefficient (Wildman–Crippen LogP) is 4.40. The summed E-state index contributed by atoms with van der Waals surface area (Å²) in [5.41, 5.74) is 2.69. The van der Waals surface area contributed by atoms with Gasteiger partial charge in [0.1, 0.15) is 11.8 Å². The van der Waals surface area contributed by atoms with Gasteiger partial charge in [0.25, 0.3) is 5.91 Å². The molecule has 2 amide bonds. The second kappa shape index (κ2) is 10.3. The van der Waals surface area contributed by atoms with Gasteiger partial charge in [0.05, 0.1) is 0 Å². The van der Waals surface area contributed by atoms with Crippen molar-refractivity contribution in [3.63, 3.8) is 0 Å². The van der Waals surface area contributed by atoms with Crippen molar-refractivity contribution in [2.75, 3.05) is 6.61 Å². The standard InChI is InChI=1S/C25H34N2O3/c1-7-21(24(29)26-25(4,5)6)27(16-20-13-10-11-18(2)15-20)23(28)17-30-22-14-9-8-12-19(22)3/h8-15,21H,7,16-17H2,1-6H3,(H,26,29). The molecule has 0 aliphatic carbocycles. The van der Waals surface area contributed by atoms with Crippen molar-refractivity contribution < 1.29 is 14.3 Å². The molecule has 5 nitrogen and oxygen atoms in total. The first kappa shape index (κ1) is 23.5. The lowest BCUT2D eigenvalue weighted by atomic mass is 10.1. The van der Waals surface area contributed by atoms with Gasteiger partial charge in [-0.25, -0.2) is 0 Å². The molecule has 1 N–H and O–H groups in total. The maximum Gasteiger partial charge on any atom is 0.261 e. The molecule has 162 valence electrons. The highest BCUT2D eigenvalue weighted by atomic mass is 16.5. The second-order valence-electron chi connectivity index (χ2n) is 8.73. The lowest BCUT2D eigenvalue weighted by Gasteiger charge is -2.33. The fraction of sp³-hybridized carbons (Fsp3) is 0.440. The average molecular weight is 411 g/mol. The summed E-state index contributed by atoms with van der Waals surface area (Å²) in [7, 11) is 0. The third-order valence-electron chi connectivity index (χ3n) is 4.76. The van der Waals surface area contributed by atoms with Gasteiger partial charge in [-0.1, -0.05) is 55.0 Å². The van der Waals surface area contributed by atoms with Crippen molar-refractivity contribution in [2.45, 2.75) is 66.1 Å². The predicted molar refractivity (Wildman–Crippen MR) is 120 cm³/mol. The fourth-order valence-corrected chi connectivity index (χ4v) is 3.32. The zero-order chi connectivity index (χ0) is 22.3. The van der Waals surface area contributed by atoms with E-state index in [9.17, 15) is 9.59 Å². The first-order chi connectivity index (χ1) is 14.1. The molecule has 0 saturated carbocycles. The molecule has 0 aliphatic heterocycles. The molecule has 5 heteroatoms. The Morgan fingerprint density at radius 3 is 2.37 bits per heavy atom. The summed E-state index contributed by atoms with van der Waals surface area (Å²) in [4.78, 5) is 27.8. The van der Waals surface area contributed by atoms with Crippen LogP contribution < -0.4 is 10.1 Å². The Kier molecular flexibility index (Phi) is 8.04. The Morgan fingerprint density at radius 1 is 1.07 bits per heavy atom. The van der Waals surface area contributed by atoms with Crippen LogP contribution in [0.15, 0.2) is 48.5 Å². The van der Waals surface area contributed by atoms with Gasteiger partial charge in [0.2, 0.25) is 5.91 Å². The van der Waals surface area contributed by atoms with E-state index in [4.69, 9.17) is 4.74 Å². The van der Waals surface area contributed by atoms with Gasteiger partial charge >= 0.3 is 0 Å². The van der Waals surface area contributed by atoms with Gasteiger partial charge in [-0.2, -0.15) is 0 Å². The molecule has 30 heavy (non-hydrogen) atoms. The number of aryl methyl sites for hydroxylation is 2. The molecule has 0 saturated heterocycles. The number of ether oxygens (including phenoxy) is 1. The number of carbonyl (C=O) groups excluding carboxylic acids is 2. The van der Waals surface area contributed by atoms with Crippen LogP contribution in [0.25, 0.3) is 0 Å². The second-order valence-corrected chi connectivity index (χ2v) is 8.73. The monoisotopic (exact) mass is 410 g/mol. The molecule has 2 rings (SSSR count). The van der Waals surface area contributed by atoms with E-state index in [1.54, 1.807) is 4.90 Å². The SMILES string of the molecule is CCC(C(=O)NC(C)(C)C)N(Cc1cccc(C)c1)C(=O)COc1ccccc1C. The van der Waals surface area contributed by atoms with E-state index in [0.717, 1.165) is 16.7 Å². The molecule has 0 aliphatic rings. The number of hydrogen-bond acceptors (Lipinski definition) is 3. The van der Waals surface area contributed by atoms with Crippen LogP contribution in [0.3, 0.4) is 0 Å². The minimum absolute atomic E-state index is 0.115. The van der Waals surface area contributed by atoms with Crippen molar-refractivity contribution in [1.82, 2.24) is 10.2 Å². The largest absolute Gasteiger partial charge is 0.484 e. The van der Waals surface area contributed by atoms with Crippen LogP contribution >= 0.6 is 0 Å². The van der Waals surface area contributed by atoms with Gasteiger partial charge in [0, 0.05) is 12.1 Å². The summed E-state index contributed by atoms with van der Waals surface area (Å²) < 4.78 is 5.79. The van der Waals surface area contributed by atoms with Gasteiger partial charge in [0.15, 0.2) is 6.61 Å². The number of benzene rings is 2. The molecular formula is C25H34N2O3. The van der Waals surface area contributed by atoms with Crippen molar-refractivity contribution in [1.29, 1.82) is 0 Å². The topological polar surface area (TPSA) is 58.6 Å². The highest BCUT2D eigenvalue weighted by molar-refractivity contribution is 5.88. The highest BCUT2D eigenvalue weighted by Gasteiger charge is 2.30. The van der Waals surface area contributed by atoms with Crippen LogP contribution in [0.1, 0.15) is 50.8 Å². The van der Waals surface area contributed by atoms with Gasteiger partial charge in [-0.05, 0) is 58.2 Å². The summed E-state index contributed by atoms with van der Waals surface area (Å²) in [6.45, 7) is 11.9. The summed E-state index contributed by atoms with van der Waals surface area (Å²) >= 11 is 0. The molecule has 1 unspecified atom stereocenters. The Labute approximate surface area is 180 Å². The molecule has 0 bridgehead atoms. The Hall–Kier alpha value is -2.82. The van der Waals surface area contributed by atoms with Crippen molar-refractivity contribution in [2.24, 2.45) is 0 Å². The van der Waals surface area contributed by atoms with Gasteiger partial charge in [-0.15, -0.1) is 0 Å². The molecule has 0 aromatic heterocycles. The maximum atomic E-state index is 13.2. The third-order valence-corrected chi connectivity index (χ3v) is 4.76. The number of amides is 2. The number of nitrogens with zero attached hydrogens (tertiary/aromatic N) is 1. The van der Waals surface area contributed by atoms with Crippen molar-refractivity contribution >= 4 is 11.8 Å². The molecular weight excluding hydrogens is 376 g/mol. The lowest BCUT2D eigenvalue weighted by molar-refractivity contribution is -0.143. The number of nitrogens with one attached hydrogen (secondary N) is 1. The molecule has 0 spiro atoms. The molecule has 0 fully saturated rings. The summed E-state index contributed by atoms with van der Waals surface area (Å²) in [6, 6.07) is 15.0. The van der Waals surface area contributed by atoms with E-state index in [1.165, 1.54) is 0 Å². The zero-order valence-corrected chi connectivity index (χ0v) is 19.0. The third kappa shape index (κ3) is 6.90. The summed E-state index contributed by atoms with van der Waals surface area (Å²) in [6.07, 6.45) is 0.518. The number of rotatable bonds is 8. The highest BCUT2D eigenvalue weighted by Crippen LogP contribution is 2.18. The van der Waals surface area contributed by atoms with Gasteiger partial charge in [-0.3, -0.25) is 9.59 Å². The number of hydrogen-bond donors (Lipinski definition) is 1. The first-order valence-corrected chi connectivity index (χ1v) is 10.5. The molecule has 2 aromatic carbocycles. The summed E-state index contributed by atoms with van der Waals surface area (Å²) in [5.74, 6) is 0.311. The molecule has 1 atom stereocenters. The first-order valence-electron chi connectivity index (χ1n) is 10.5. The summed E-state index contributed by atoms with van der Waals surface area (Å²) in [5, 5.41) is 3.01. The van der Waals surface area contributed by atoms with Crippen LogP contribution in [0.5, 0.6) is 5.75 Å². The smallest absolute Gasteiger partial charge is 0.261 e. The maximum absolute atomic E-state index is 13.2. The van der Waals surface area contributed by atoms with Crippen LogP contribution in [0, 0.1) is 13.8 Å². The van der Waals surface area contributed by atoms with E-state index < -0.39 is 6.04 Å². The Balaban J connectivity index is 2.25. The average Bonchev–Trinajstić information content (AvgIpc) is 2.65. The van der Waals surface area contributed by atoms with Crippen molar-refractivity contribution in [3.8, 4) is 5.75 Å². The van der Waals surface area contributed by atoms with E-state index in [1.807, 2.05) is 90.1 Å². The minimum Gasteiger partial charge on any atom is -0.484 e. The van der Waals surface area contributed by atoms with E-state index in [-0.39, 0.29) is 24.0 Å². The minimum atomic E-state index is -0.572. The van der Waals surface area contributed by atoms with Crippen LogP contribution in [-0.2, 0) is 16.1 Å². The molecule has 0 heterocycles. The lowest BCUT2D eigenvalue weighted by Crippen LogP contribution is -2.54. The zero-order valence-electron chi connectivity index (χ0n) is 19.0. The molecule has 2 aromatic rings. The Morgan fingerprint density at radius 2 is 1.77 bits per heavy atom.